The SMILES string of the molecule is O=C(C1CC1)N(c1ccccc1CC1CC1)C1CC1. The Hall–Kier alpha value is -1.31. The third kappa shape index (κ3) is 2.41. The lowest BCUT2D eigenvalue weighted by Crippen LogP contribution is -2.35. The first kappa shape index (κ1) is 11.5. The highest BCUT2D eigenvalue weighted by Crippen LogP contribution is 2.41. The minimum Gasteiger partial charge on any atom is -0.309 e. The molecule has 2 nitrogen and oxygen atoms in total. The van der Waals surface area contributed by atoms with Gasteiger partial charge in [-0.1, -0.05) is 18.2 Å². The molecule has 0 radical (unpaired) electrons. The van der Waals surface area contributed by atoms with E-state index in [1.807, 2.05) is 0 Å². The number of carbonyl (C=O) groups excluding carboxylic acids is 1. The van der Waals surface area contributed by atoms with Crippen LogP contribution < -0.4 is 4.90 Å². The summed E-state index contributed by atoms with van der Waals surface area (Å²) in [5, 5.41) is 0. The Morgan fingerprint density at radius 1 is 1.05 bits per heavy atom. The van der Waals surface area contributed by atoms with Crippen molar-refractivity contribution in [3.05, 3.63) is 29.8 Å². The van der Waals surface area contributed by atoms with Crippen molar-refractivity contribution in [1.29, 1.82) is 0 Å². The molecule has 0 bridgehead atoms. The Bertz CT molecular complexity index is 498. The van der Waals surface area contributed by atoms with Crippen LogP contribution in [0.1, 0.15) is 44.1 Å². The standard InChI is InChI=1S/C17H21NO/c19-17(13-7-8-13)18(15-9-10-15)16-4-2-1-3-14(16)11-12-5-6-12/h1-4,12-13,15H,5-11H2. The molecule has 0 spiro atoms. The van der Waals surface area contributed by atoms with Crippen LogP contribution in [0.15, 0.2) is 24.3 Å². The number of para-hydroxylation sites is 1. The summed E-state index contributed by atoms with van der Waals surface area (Å²) in [5.74, 6) is 1.60. The van der Waals surface area contributed by atoms with Crippen molar-refractivity contribution in [2.75, 3.05) is 4.90 Å². The van der Waals surface area contributed by atoms with Gasteiger partial charge in [0.05, 0.1) is 0 Å². The van der Waals surface area contributed by atoms with Gasteiger partial charge in [-0.2, -0.15) is 0 Å². The molecule has 0 heterocycles. The molecule has 3 aliphatic carbocycles. The van der Waals surface area contributed by atoms with E-state index in [-0.39, 0.29) is 0 Å². The van der Waals surface area contributed by atoms with Crippen LogP contribution in [0.3, 0.4) is 0 Å². The zero-order chi connectivity index (χ0) is 12.8. The Labute approximate surface area is 114 Å². The lowest BCUT2D eigenvalue weighted by atomic mass is 10.0. The van der Waals surface area contributed by atoms with Gasteiger partial charge in [-0.15, -0.1) is 0 Å². The van der Waals surface area contributed by atoms with Gasteiger partial charge in [-0.25, -0.2) is 0 Å². The van der Waals surface area contributed by atoms with Gasteiger partial charge in [0.1, 0.15) is 0 Å². The van der Waals surface area contributed by atoms with E-state index >= 15 is 0 Å². The van der Waals surface area contributed by atoms with Gasteiger partial charge in [0.25, 0.3) is 0 Å². The maximum Gasteiger partial charge on any atom is 0.230 e. The number of hydrogen-bond donors (Lipinski definition) is 0. The van der Waals surface area contributed by atoms with Crippen molar-refractivity contribution in [3.8, 4) is 0 Å². The van der Waals surface area contributed by atoms with Crippen molar-refractivity contribution in [2.24, 2.45) is 11.8 Å². The van der Waals surface area contributed by atoms with E-state index < -0.39 is 0 Å². The average molecular weight is 255 g/mol. The lowest BCUT2D eigenvalue weighted by molar-refractivity contribution is -0.119. The number of carbonyl (C=O) groups is 1. The molecule has 3 aliphatic rings. The number of amides is 1. The molecule has 0 saturated heterocycles. The van der Waals surface area contributed by atoms with Gasteiger partial charge in [0, 0.05) is 17.6 Å². The molecule has 19 heavy (non-hydrogen) atoms. The smallest absolute Gasteiger partial charge is 0.230 e. The molecule has 4 rings (SSSR count). The molecule has 100 valence electrons. The summed E-state index contributed by atoms with van der Waals surface area (Å²) in [7, 11) is 0. The molecule has 0 unspecified atom stereocenters. The average Bonchev–Trinajstić information content (AvgIpc) is 3.28. The van der Waals surface area contributed by atoms with E-state index in [2.05, 4.69) is 29.2 Å². The van der Waals surface area contributed by atoms with Gasteiger partial charge >= 0.3 is 0 Å². The fourth-order valence-corrected chi connectivity index (χ4v) is 2.91. The molecule has 0 aliphatic heterocycles. The summed E-state index contributed by atoms with van der Waals surface area (Å²) in [6, 6.07) is 9.09. The predicted molar refractivity (Wildman–Crippen MR) is 76.1 cm³/mol. The zero-order valence-corrected chi connectivity index (χ0v) is 11.3. The van der Waals surface area contributed by atoms with E-state index in [0.29, 0.717) is 17.9 Å². The van der Waals surface area contributed by atoms with Crippen LogP contribution in [0.4, 0.5) is 5.69 Å². The summed E-state index contributed by atoms with van der Waals surface area (Å²) in [4.78, 5) is 14.7. The largest absolute Gasteiger partial charge is 0.309 e. The minimum absolute atomic E-state index is 0.328. The monoisotopic (exact) mass is 255 g/mol. The zero-order valence-electron chi connectivity index (χ0n) is 11.3. The van der Waals surface area contributed by atoms with Gasteiger partial charge in [0.15, 0.2) is 0 Å². The summed E-state index contributed by atoms with van der Waals surface area (Å²) < 4.78 is 0. The fourth-order valence-electron chi connectivity index (χ4n) is 2.91. The highest BCUT2D eigenvalue weighted by molar-refractivity contribution is 5.98. The predicted octanol–water partition coefficient (Wildman–Crippen LogP) is 3.54. The molecule has 1 aromatic carbocycles. The van der Waals surface area contributed by atoms with Crippen LogP contribution in [0.25, 0.3) is 0 Å². The second kappa shape index (κ2) is 4.36. The molecule has 0 atom stereocenters. The minimum atomic E-state index is 0.328. The van der Waals surface area contributed by atoms with Crippen LogP contribution in [-0.2, 0) is 11.2 Å². The molecular weight excluding hydrogens is 234 g/mol. The van der Waals surface area contributed by atoms with Crippen molar-refractivity contribution >= 4 is 11.6 Å². The molecule has 3 fully saturated rings. The van der Waals surface area contributed by atoms with Crippen molar-refractivity contribution in [2.45, 2.75) is 51.0 Å². The summed E-state index contributed by atoms with van der Waals surface area (Å²) in [5.41, 5.74) is 2.61. The maximum absolute atomic E-state index is 12.6. The van der Waals surface area contributed by atoms with E-state index in [9.17, 15) is 4.79 Å². The molecule has 0 aromatic heterocycles. The summed E-state index contributed by atoms with van der Waals surface area (Å²) in [6.07, 6.45) is 8.49. The molecule has 2 heteroatoms. The van der Waals surface area contributed by atoms with E-state index in [0.717, 1.165) is 25.2 Å². The number of benzene rings is 1. The maximum atomic E-state index is 12.6. The fraction of sp³-hybridized carbons (Fsp3) is 0.588. The van der Waals surface area contributed by atoms with E-state index in [4.69, 9.17) is 0 Å². The molecule has 3 saturated carbocycles. The Kier molecular flexibility index (Phi) is 2.64. The second-order valence-electron chi connectivity index (χ2n) is 6.49. The third-order valence-electron chi connectivity index (χ3n) is 4.53. The lowest BCUT2D eigenvalue weighted by Gasteiger charge is -2.25. The van der Waals surface area contributed by atoms with Crippen molar-refractivity contribution in [1.82, 2.24) is 0 Å². The number of nitrogens with zero attached hydrogens (tertiary/aromatic N) is 1. The Morgan fingerprint density at radius 3 is 2.42 bits per heavy atom. The highest BCUT2D eigenvalue weighted by atomic mass is 16.2. The van der Waals surface area contributed by atoms with Crippen LogP contribution >= 0.6 is 0 Å². The third-order valence-corrected chi connectivity index (χ3v) is 4.53. The van der Waals surface area contributed by atoms with Crippen molar-refractivity contribution in [3.63, 3.8) is 0 Å². The number of anilines is 1. The molecular formula is C17H21NO. The number of rotatable bonds is 5. The summed E-state index contributed by atoms with van der Waals surface area (Å²) in [6.45, 7) is 0. The molecule has 1 amide bonds. The van der Waals surface area contributed by atoms with Crippen LogP contribution in [0, 0.1) is 11.8 Å². The first-order chi connectivity index (χ1) is 9.33. The van der Waals surface area contributed by atoms with Gasteiger partial charge in [0.2, 0.25) is 5.91 Å². The van der Waals surface area contributed by atoms with E-state index in [1.165, 1.54) is 36.9 Å². The van der Waals surface area contributed by atoms with Gasteiger partial charge in [-0.3, -0.25) is 4.79 Å². The normalized spacial score (nSPS) is 22.3. The van der Waals surface area contributed by atoms with Gasteiger partial charge < -0.3 is 4.90 Å². The van der Waals surface area contributed by atoms with Crippen LogP contribution in [0.5, 0.6) is 0 Å². The number of hydrogen-bond acceptors (Lipinski definition) is 1. The topological polar surface area (TPSA) is 20.3 Å². The highest BCUT2D eigenvalue weighted by Gasteiger charge is 2.41. The molecule has 1 aromatic rings. The quantitative estimate of drug-likeness (QED) is 0.788. The van der Waals surface area contributed by atoms with Crippen LogP contribution in [0.2, 0.25) is 0 Å². The van der Waals surface area contributed by atoms with Crippen LogP contribution in [-0.4, -0.2) is 11.9 Å². The first-order valence-electron chi connectivity index (χ1n) is 7.74. The summed E-state index contributed by atoms with van der Waals surface area (Å²) >= 11 is 0. The Balaban J connectivity index is 1.65. The Morgan fingerprint density at radius 2 is 1.79 bits per heavy atom. The second-order valence-corrected chi connectivity index (χ2v) is 6.49. The molecule has 0 N–H and O–H groups in total. The first-order valence-corrected chi connectivity index (χ1v) is 7.74. The van der Waals surface area contributed by atoms with Crippen molar-refractivity contribution < 1.29 is 4.79 Å². The van der Waals surface area contributed by atoms with E-state index in [1.54, 1.807) is 0 Å². The van der Waals surface area contributed by atoms with Gasteiger partial charge in [-0.05, 0) is 62.5 Å².